The molecule has 0 aromatic heterocycles. The smallest absolute Gasteiger partial charge is 0.0434 e. The van der Waals surface area contributed by atoms with E-state index < -0.39 is 0 Å². The number of aliphatic hydroxyl groups is 1. The first kappa shape index (κ1) is 13.8. The highest BCUT2D eigenvalue weighted by atomic mass is 79.9. The lowest BCUT2D eigenvalue weighted by Gasteiger charge is -2.20. The molecule has 1 fully saturated rings. The molecule has 0 spiro atoms. The number of benzene rings is 1. The number of nitrogens with zero attached hydrogens (tertiary/aromatic N) is 1. The Kier molecular flexibility index (Phi) is 4.65. The van der Waals surface area contributed by atoms with Crippen LogP contribution in [0, 0.1) is 5.92 Å². The molecule has 3 N–H and O–H groups in total. The Balaban J connectivity index is 2.09. The quantitative estimate of drug-likeness (QED) is 0.898. The molecule has 0 saturated carbocycles. The maximum Gasteiger partial charge on any atom is 0.0434 e. The van der Waals surface area contributed by atoms with Gasteiger partial charge in [-0.05, 0) is 43.4 Å². The molecule has 0 bridgehead atoms. The first-order chi connectivity index (χ1) is 8.61. The Bertz CT molecular complexity index is 409. The molecule has 1 unspecified atom stereocenters. The van der Waals surface area contributed by atoms with Crippen LogP contribution in [0.4, 0.5) is 5.69 Å². The largest absolute Gasteiger partial charge is 0.396 e. The molecule has 2 atom stereocenters. The number of hydrogen-bond acceptors (Lipinski definition) is 3. The summed E-state index contributed by atoms with van der Waals surface area (Å²) < 4.78 is 1.08. The van der Waals surface area contributed by atoms with Crippen LogP contribution in [0.1, 0.15) is 31.4 Å². The molecule has 1 aromatic rings. The van der Waals surface area contributed by atoms with Crippen LogP contribution in [0.5, 0.6) is 0 Å². The van der Waals surface area contributed by atoms with Crippen LogP contribution >= 0.6 is 15.9 Å². The topological polar surface area (TPSA) is 49.5 Å². The predicted octanol–water partition coefficient (Wildman–Crippen LogP) is 2.68. The maximum atomic E-state index is 8.99. The molecule has 1 saturated heterocycles. The molecule has 100 valence electrons. The minimum Gasteiger partial charge on any atom is -0.396 e. The zero-order chi connectivity index (χ0) is 13.1. The molecule has 3 nitrogen and oxygen atoms in total. The van der Waals surface area contributed by atoms with Gasteiger partial charge in [-0.1, -0.05) is 22.0 Å². The van der Waals surface area contributed by atoms with E-state index in [9.17, 15) is 0 Å². The normalized spacial score (nSPS) is 21.3. The number of hydrogen-bond donors (Lipinski definition) is 2. The molecule has 18 heavy (non-hydrogen) atoms. The van der Waals surface area contributed by atoms with E-state index >= 15 is 0 Å². The van der Waals surface area contributed by atoms with Gasteiger partial charge in [0, 0.05) is 35.9 Å². The highest BCUT2D eigenvalue weighted by molar-refractivity contribution is 9.10. The molecule has 0 amide bonds. The van der Waals surface area contributed by atoms with Gasteiger partial charge in [-0.15, -0.1) is 0 Å². The minimum absolute atomic E-state index is 0.0501. The minimum atomic E-state index is 0.0501. The first-order valence-corrected chi connectivity index (χ1v) is 7.32. The van der Waals surface area contributed by atoms with Gasteiger partial charge in [-0.25, -0.2) is 0 Å². The summed E-state index contributed by atoms with van der Waals surface area (Å²) in [5.41, 5.74) is 8.29. The van der Waals surface area contributed by atoms with Crippen molar-refractivity contribution in [3.63, 3.8) is 0 Å². The number of aliphatic hydroxyl groups excluding tert-OH is 1. The van der Waals surface area contributed by atoms with Gasteiger partial charge in [-0.3, -0.25) is 0 Å². The van der Waals surface area contributed by atoms with Gasteiger partial charge in [0.2, 0.25) is 0 Å². The summed E-state index contributed by atoms with van der Waals surface area (Å²) in [7, 11) is 0. The van der Waals surface area contributed by atoms with Gasteiger partial charge in [-0.2, -0.15) is 0 Å². The summed E-state index contributed by atoms with van der Waals surface area (Å²) in [6, 6.07) is 6.45. The highest BCUT2D eigenvalue weighted by Gasteiger charge is 2.22. The van der Waals surface area contributed by atoms with E-state index in [0.29, 0.717) is 12.5 Å². The Morgan fingerprint density at radius 3 is 2.94 bits per heavy atom. The second-order valence-electron chi connectivity index (χ2n) is 5.11. The van der Waals surface area contributed by atoms with Crippen molar-refractivity contribution in [1.82, 2.24) is 0 Å². The van der Waals surface area contributed by atoms with Crippen LogP contribution in [0.2, 0.25) is 0 Å². The summed E-state index contributed by atoms with van der Waals surface area (Å²) in [5, 5.41) is 8.99. The van der Waals surface area contributed by atoms with Crippen molar-refractivity contribution in [3.05, 3.63) is 28.2 Å². The summed E-state index contributed by atoms with van der Waals surface area (Å²) in [6.45, 7) is 4.41. The van der Waals surface area contributed by atoms with E-state index in [1.165, 1.54) is 12.1 Å². The molecule has 2 rings (SSSR count). The zero-order valence-corrected chi connectivity index (χ0v) is 12.4. The molecular formula is C14H21BrN2O. The van der Waals surface area contributed by atoms with Crippen LogP contribution < -0.4 is 10.6 Å². The highest BCUT2D eigenvalue weighted by Crippen LogP contribution is 2.31. The summed E-state index contributed by atoms with van der Waals surface area (Å²) >= 11 is 3.59. The molecule has 0 radical (unpaired) electrons. The average Bonchev–Trinajstić information content (AvgIpc) is 2.77. The van der Waals surface area contributed by atoms with E-state index in [4.69, 9.17) is 10.8 Å². The number of halogens is 1. The van der Waals surface area contributed by atoms with Crippen molar-refractivity contribution in [2.24, 2.45) is 11.7 Å². The molecular weight excluding hydrogens is 292 g/mol. The second kappa shape index (κ2) is 6.04. The molecule has 1 aliphatic heterocycles. The van der Waals surface area contributed by atoms with Crippen molar-refractivity contribution in [2.45, 2.75) is 25.8 Å². The van der Waals surface area contributed by atoms with E-state index in [-0.39, 0.29) is 6.04 Å². The third kappa shape index (κ3) is 3.05. The molecule has 1 aromatic carbocycles. The van der Waals surface area contributed by atoms with Gasteiger partial charge in [0.15, 0.2) is 0 Å². The van der Waals surface area contributed by atoms with E-state index in [2.05, 4.69) is 39.0 Å². The van der Waals surface area contributed by atoms with Crippen molar-refractivity contribution >= 4 is 21.6 Å². The second-order valence-corrected chi connectivity index (χ2v) is 5.96. The Hall–Kier alpha value is -0.580. The Morgan fingerprint density at radius 2 is 2.33 bits per heavy atom. The van der Waals surface area contributed by atoms with Gasteiger partial charge in [0.1, 0.15) is 0 Å². The van der Waals surface area contributed by atoms with Crippen molar-refractivity contribution in [3.8, 4) is 0 Å². The zero-order valence-electron chi connectivity index (χ0n) is 10.8. The lowest BCUT2D eigenvalue weighted by atomic mass is 10.1. The average molecular weight is 313 g/mol. The molecule has 0 aliphatic carbocycles. The molecule has 1 aliphatic rings. The molecule has 1 heterocycles. The van der Waals surface area contributed by atoms with Crippen LogP contribution in [0.15, 0.2) is 22.7 Å². The summed E-state index contributed by atoms with van der Waals surface area (Å²) in [4.78, 5) is 2.38. The Morgan fingerprint density at radius 1 is 1.56 bits per heavy atom. The fraction of sp³-hybridized carbons (Fsp3) is 0.571. The number of anilines is 1. The number of rotatable bonds is 4. The summed E-state index contributed by atoms with van der Waals surface area (Å²) in [6.07, 6.45) is 2.09. The van der Waals surface area contributed by atoms with Crippen molar-refractivity contribution in [2.75, 3.05) is 24.6 Å². The fourth-order valence-electron chi connectivity index (χ4n) is 2.57. The van der Waals surface area contributed by atoms with Gasteiger partial charge in [0.25, 0.3) is 0 Å². The van der Waals surface area contributed by atoms with Gasteiger partial charge < -0.3 is 15.7 Å². The number of nitrogens with two attached hydrogens (primary N) is 1. The summed E-state index contributed by atoms with van der Waals surface area (Å²) in [5.74, 6) is 0.627. The van der Waals surface area contributed by atoms with Gasteiger partial charge >= 0.3 is 0 Å². The predicted molar refractivity (Wildman–Crippen MR) is 78.8 cm³/mol. The monoisotopic (exact) mass is 312 g/mol. The van der Waals surface area contributed by atoms with E-state index in [1.54, 1.807) is 0 Å². The molecule has 4 heteroatoms. The third-order valence-corrected chi connectivity index (χ3v) is 4.35. The Labute approximate surface area is 117 Å². The fourth-order valence-corrected chi connectivity index (χ4v) is 3.30. The van der Waals surface area contributed by atoms with Crippen molar-refractivity contribution < 1.29 is 5.11 Å². The maximum absolute atomic E-state index is 8.99. The standard InChI is InChI=1S/C14H21BrN2O/c1-10(16)13-3-2-12(8-14(13)15)17-6-4-11(9-17)5-7-18/h2-3,8,10-11,18H,4-7,9,16H2,1H3/t10-,11?/m1/s1. The van der Waals surface area contributed by atoms with E-state index in [0.717, 1.165) is 29.5 Å². The van der Waals surface area contributed by atoms with Gasteiger partial charge in [0.05, 0.1) is 0 Å². The lowest BCUT2D eigenvalue weighted by Crippen LogP contribution is -2.20. The van der Waals surface area contributed by atoms with Crippen LogP contribution in [0.3, 0.4) is 0 Å². The van der Waals surface area contributed by atoms with Crippen LogP contribution in [-0.4, -0.2) is 24.8 Å². The first-order valence-electron chi connectivity index (χ1n) is 6.52. The van der Waals surface area contributed by atoms with E-state index in [1.807, 2.05) is 6.92 Å². The third-order valence-electron chi connectivity index (χ3n) is 3.66. The SMILES string of the molecule is C[C@@H](N)c1ccc(N2CCC(CCO)C2)cc1Br. The van der Waals surface area contributed by atoms with Crippen LogP contribution in [0.25, 0.3) is 0 Å². The van der Waals surface area contributed by atoms with Crippen molar-refractivity contribution in [1.29, 1.82) is 0 Å². The van der Waals surface area contributed by atoms with Crippen LogP contribution in [-0.2, 0) is 0 Å². The lowest BCUT2D eigenvalue weighted by molar-refractivity contribution is 0.263.